The minimum absolute atomic E-state index is 0.154. The second-order valence-corrected chi connectivity index (χ2v) is 16.0. The Labute approximate surface area is 325 Å². The number of hydrogen-bond donors (Lipinski definition) is 0. The van der Waals surface area contributed by atoms with Crippen molar-refractivity contribution in [1.82, 2.24) is 0 Å². The maximum Gasteiger partial charge on any atom is 0.143 e. The van der Waals surface area contributed by atoms with Gasteiger partial charge in [-0.05, 0) is 124 Å². The first-order chi connectivity index (χ1) is 27.5. The fourth-order valence-corrected chi connectivity index (χ4v) is 9.93. The molecule has 1 heteroatoms. The van der Waals surface area contributed by atoms with E-state index < -0.39 is 0 Å². The zero-order chi connectivity index (χ0) is 37.1. The lowest BCUT2D eigenvalue weighted by Gasteiger charge is -2.22. The predicted octanol–water partition coefficient (Wildman–Crippen LogP) is 15.5. The van der Waals surface area contributed by atoms with Gasteiger partial charge in [0.05, 0.1) is 0 Å². The summed E-state index contributed by atoms with van der Waals surface area (Å²) in [6.07, 6.45) is 0. The Morgan fingerprint density at radius 1 is 0.357 bits per heavy atom. The zero-order valence-corrected chi connectivity index (χ0v) is 31.2. The van der Waals surface area contributed by atoms with E-state index in [9.17, 15) is 0 Å². The summed E-state index contributed by atoms with van der Waals surface area (Å²) >= 11 is 0. The Hall–Kier alpha value is -6.96. The van der Waals surface area contributed by atoms with Gasteiger partial charge in [-0.1, -0.05) is 166 Å². The van der Waals surface area contributed by atoms with E-state index in [2.05, 4.69) is 196 Å². The molecule has 10 aromatic carbocycles. The Bertz CT molecular complexity index is 3310. The molecule has 0 aliphatic heterocycles. The molecule has 0 fully saturated rings. The fourth-order valence-electron chi connectivity index (χ4n) is 9.93. The van der Waals surface area contributed by atoms with Gasteiger partial charge in [0, 0.05) is 21.8 Å². The highest BCUT2D eigenvalue weighted by Crippen LogP contribution is 2.56. The molecule has 0 radical (unpaired) electrons. The van der Waals surface area contributed by atoms with Gasteiger partial charge in [-0.3, -0.25) is 0 Å². The summed E-state index contributed by atoms with van der Waals surface area (Å²) in [5.41, 5.74) is 16.7. The highest BCUT2D eigenvalue weighted by molar-refractivity contribution is 6.29. The van der Waals surface area contributed by atoms with E-state index in [4.69, 9.17) is 4.42 Å². The molecule has 12 rings (SSSR count). The van der Waals surface area contributed by atoms with Gasteiger partial charge in [0.2, 0.25) is 0 Å². The van der Waals surface area contributed by atoms with Crippen LogP contribution in [0.2, 0.25) is 0 Å². The van der Waals surface area contributed by atoms with Crippen LogP contribution in [0.15, 0.2) is 186 Å². The van der Waals surface area contributed by atoms with Crippen LogP contribution in [0.5, 0.6) is 0 Å². The maximum absolute atomic E-state index is 6.91. The topological polar surface area (TPSA) is 13.1 Å². The number of rotatable bonds is 4. The lowest BCUT2D eigenvalue weighted by molar-refractivity contribution is 0.658. The average molecular weight is 713 g/mol. The van der Waals surface area contributed by atoms with Gasteiger partial charge < -0.3 is 4.42 Å². The van der Waals surface area contributed by atoms with Crippen molar-refractivity contribution in [3.05, 3.63) is 193 Å². The van der Waals surface area contributed by atoms with E-state index in [-0.39, 0.29) is 5.41 Å². The van der Waals surface area contributed by atoms with Crippen LogP contribution in [0.3, 0.4) is 0 Å². The number of para-hydroxylation sites is 1. The Morgan fingerprint density at radius 3 is 1.61 bits per heavy atom. The second-order valence-electron chi connectivity index (χ2n) is 16.0. The van der Waals surface area contributed by atoms with Gasteiger partial charge in [-0.25, -0.2) is 0 Å². The fraction of sp³-hybridized carbons (Fsp3) is 0.0545. The van der Waals surface area contributed by atoms with Crippen molar-refractivity contribution >= 4 is 54.3 Å². The average Bonchev–Trinajstić information content (AvgIpc) is 3.74. The van der Waals surface area contributed by atoms with Gasteiger partial charge in [0.15, 0.2) is 0 Å². The summed E-state index contributed by atoms with van der Waals surface area (Å²) in [5.74, 6) is 0. The molecule has 1 nitrogen and oxygen atoms in total. The molecule has 0 unspecified atom stereocenters. The summed E-state index contributed by atoms with van der Waals surface area (Å²) in [7, 11) is 0. The molecule has 0 saturated carbocycles. The van der Waals surface area contributed by atoms with E-state index >= 15 is 0 Å². The highest BCUT2D eigenvalue weighted by Gasteiger charge is 2.39. The summed E-state index contributed by atoms with van der Waals surface area (Å²) < 4.78 is 6.91. The standard InChI is InChI=1S/C55H36O/c1-55(2)47-19-11-9-18-45(47)52-48(55)32-46-41-17-10-12-20-49(41)56-54(46)53(52)44-28-24-36-22-26-42-40(25-21-35-23-27-43(44)51(36)50(35)42)39-30-37(33-13-5-3-6-14-33)29-38(31-39)34-15-7-4-8-16-34/h3-32H,1-2H3. The molecular weight excluding hydrogens is 677 g/mol. The van der Waals surface area contributed by atoms with Crippen LogP contribution in [0.4, 0.5) is 0 Å². The molecular formula is C55H36O. The Kier molecular flexibility index (Phi) is 6.46. The first-order valence-corrected chi connectivity index (χ1v) is 19.6. The van der Waals surface area contributed by atoms with Crippen LogP contribution in [-0.4, -0.2) is 0 Å². The molecule has 1 aromatic heterocycles. The van der Waals surface area contributed by atoms with Crippen LogP contribution < -0.4 is 0 Å². The Morgan fingerprint density at radius 2 is 0.911 bits per heavy atom. The minimum Gasteiger partial charge on any atom is -0.455 e. The summed E-state index contributed by atoms with van der Waals surface area (Å²) in [6.45, 7) is 4.74. The molecule has 11 aromatic rings. The van der Waals surface area contributed by atoms with Crippen LogP contribution in [-0.2, 0) is 5.41 Å². The van der Waals surface area contributed by atoms with E-state index in [1.165, 1.54) is 104 Å². The Balaban J connectivity index is 1.16. The first-order valence-electron chi connectivity index (χ1n) is 19.6. The zero-order valence-electron chi connectivity index (χ0n) is 31.2. The molecule has 1 aliphatic carbocycles. The quantitative estimate of drug-likeness (QED) is 0.166. The van der Waals surface area contributed by atoms with Gasteiger partial charge in [-0.15, -0.1) is 0 Å². The third-order valence-electron chi connectivity index (χ3n) is 12.6. The summed E-state index contributed by atoms with van der Waals surface area (Å²) in [4.78, 5) is 0. The minimum atomic E-state index is -0.154. The molecule has 0 saturated heterocycles. The molecule has 0 bridgehead atoms. The molecule has 0 spiro atoms. The van der Waals surface area contributed by atoms with Gasteiger partial charge >= 0.3 is 0 Å². The lowest BCUT2D eigenvalue weighted by Crippen LogP contribution is -2.14. The highest BCUT2D eigenvalue weighted by atomic mass is 16.3. The maximum atomic E-state index is 6.91. The normalized spacial score (nSPS) is 13.3. The van der Waals surface area contributed by atoms with Gasteiger partial charge in [0.1, 0.15) is 11.2 Å². The monoisotopic (exact) mass is 712 g/mol. The third-order valence-corrected chi connectivity index (χ3v) is 12.6. The van der Waals surface area contributed by atoms with Crippen molar-refractivity contribution in [3.8, 4) is 55.6 Å². The second kappa shape index (κ2) is 11.5. The predicted molar refractivity (Wildman–Crippen MR) is 237 cm³/mol. The lowest BCUT2D eigenvalue weighted by atomic mass is 9.80. The van der Waals surface area contributed by atoms with Crippen molar-refractivity contribution < 1.29 is 4.42 Å². The van der Waals surface area contributed by atoms with Crippen LogP contribution >= 0.6 is 0 Å². The number of fused-ring (bicyclic) bond motifs is 6. The van der Waals surface area contributed by atoms with E-state index in [1.807, 2.05) is 0 Å². The molecule has 56 heavy (non-hydrogen) atoms. The van der Waals surface area contributed by atoms with E-state index in [1.54, 1.807) is 0 Å². The van der Waals surface area contributed by atoms with E-state index in [0.717, 1.165) is 16.6 Å². The molecule has 1 heterocycles. The van der Waals surface area contributed by atoms with E-state index in [0.29, 0.717) is 0 Å². The SMILES string of the molecule is CC1(C)c2ccccc2-c2c1cc1c(oc3ccccc31)c2-c1ccc2ccc3c(-c4cc(-c5ccccc5)cc(-c5ccccc5)c4)ccc4ccc1c2c43. The molecule has 0 atom stereocenters. The van der Waals surface area contributed by atoms with Crippen LogP contribution in [0.25, 0.3) is 110 Å². The van der Waals surface area contributed by atoms with Crippen molar-refractivity contribution in [1.29, 1.82) is 0 Å². The smallest absolute Gasteiger partial charge is 0.143 e. The molecule has 1 aliphatic rings. The van der Waals surface area contributed by atoms with Crippen LogP contribution in [0, 0.1) is 0 Å². The van der Waals surface area contributed by atoms with Crippen molar-refractivity contribution in [2.45, 2.75) is 19.3 Å². The molecule has 0 amide bonds. The van der Waals surface area contributed by atoms with Gasteiger partial charge in [0.25, 0.3) is 0 Å². The number of furan rings is 1. The number of hydrogen-bond acceptors (Lipinski definition) is 1. The van der Waals surface area contributed by atoms with Crippen molar-refractivity contribution in [2.24, 2.45) is 0 Å². The third kappa shape index (κ3) is 4.37. The molecule has 262 valence electrons. The van der Waals surface area contributed by atoms with Crippen LogP contribution in [0.1, 0.15) is 25.0 Å². The first kappa shape index (κ1) is 31.4. The summed E-state index contributed by atoms with van der Waals surface area (Å²) in [6, 6.07) is 67.1. The summed E-state index contributed by atoms with van der Waals surface area (Å²) in [5, 5.41) is 9.95. The van der Waals surface area contributed by atoms with Crippen molar-refractivity contribution in [3.63, 3.8) is 0 Å². The van der Waals surface area contributed by atoms with Crippen molar-refractivity contribution in [2.75, 3.05) is 0 Å². The number of benzene rings is 10. The van der Waals surface area contributed by atoms with Gasteiger partial charge in [-0.2, -0.15) is 0 Å². The largest absolute Gasteiger partial charge is 0.455 e. The molecule has 0 N–H and O–H groups in total.